The smallest absolute Gasteiger partial charge is 0.328 e. The molecule has 0 saturated carbocycles. The summed E-state index contributed by atoms with van der Waals surface area (Å²) in [4.78, 5) is 77.0. The van der Waals surface area contributed by atoms with Crippen molar-refractivity contribution >= 4 is 35.3 Å². The number of likely N-dealkylation sites (tertiary alicyclic amines) is 1. The lowest BCUT2D eigenvalue weighted by Crippen LogP contribution is -2.59. The van der Waals surface area contributed by atoms with Crippen LogP contribution in [0.25, 0.3) is 0 Å². The summed E-state index contributed by atoms with van der Waals surface area (Å²) in [5.41, 5.74) is 3.87. The van der Waals surface area contributed by atoms with Crippen LogP contribution >= 0.6 is 0 Å². The number of carbonyl (C=O) groups excluding carboxylic acids is 5. The fraction of sp³-hybridized carbons (Fsp3) is 0.620. The highest BCUT2D eigenvalue weighted by atomic mass is 16.5. The fourth-order valence-electron chi connectivity index (χ4n) is 8.91. The van der Waals surface area contributed by atoms with Crippen molar-refractivity contribution in [2.45, 2.75) is 122 Å². The second-order valence-corrected chi connectivity index (χ2v) is 18.2. The average Bonchev–Trinajstić information content (AvgIpc) is 3.76. The topological polar surface area (TPSA) is 150 Å². The summed E-state index contributed by atoms with van der Waals surface area (Å²) in [5, 5.41) is 5.98. The molecule has 1 heterocycles. The lowest BCUT2D eigenvalue weighted by molar-refractivity contribution is -0.147. The van der Waals surface area contributed by atoms with Crippen LogP contribution in [-0.4, -0.2) is 149 Å². The third kappa shape index (κ3) is 14.4. The molecule has 0 spiro atoms. The van der Waals surface area contributed by atoms with Gasteiger partial charge in [-0.05, 0) is 67.8 Å². The van der Waals surface area contributed by atoms with Gasteiger partial charge in [-0.1, -0.05) is 96.2 Å². The number of esters is 1. The predicted molar refractivity (Wildman–Crippen MR) is 253 cm³/mol. The molecule has 2 N–H and O–H groups in total. The largest absolute Gasteiger partial charge is 0.467 e. The highest BCUT2D eigenvalue weighted by molar-refractivity contribution is 5.90. The highest BCUT2D eigenvalue weighted by Gasteiger charge is 2.43. The summed E-state index contributed by atoms with van der Waals surface area (Å²) in [7, 11) is 12.0. The number of likely N-dealkylation sites (N-methyl/N-ethyl adjacent to an activating group) is 2. The molecule has 2 unspecified atom stereocenters. The van der Waals surface area contributed by atoms with Crippen LogP contribution in [0.15, 0.2) is 66.7 Å². The van der Waals surface area contributed by atoms with Crippen LogP contribution in [0.3, 0.4) is 0 Å². The monoisotopic (exact) mass is 891 g/mol. The van der Waals surface area contributed by atoms with Crippen LogP contribution in [-0.2, 0) is 51.0 Å². The molecule has 14 nitrogen and oxygen atoms in total. The number of hydrogen-bond acceptors (Lipinski definition) is 10. The van der Waals surface area contributed by atoms with E-state index in [1.807, 2.05) is 86.1 Å². The van der Waals surface area contributed by atoms with Crippen molar-refractivity contribution < 1.29 is 38.2 Å². The van der Waals surface area contributed by atoms with Gasteiger partial charge in [-0.15, -0.1) is 0 Å². The molecular formula is C50H78N6O8. The van der Waals surface area contributed by atoms with Gasteiger partial charge in [-0.25, -0.2) is 4.79 Å². The molecule has 1 aliphatic heterocycles. The van der Waals surface area contributed by atoms with Crippen molar-refractivity contribution in [2.24, 2.45) is 17.8 Å². The Morgan fingerprint density at radius 2 is 1.45 bits per heavy atom. The maximum absolute atomic E-state index is 14.6. The van der Waals surface area contributed by atoms with Gasteiger partial charge in [0, 0.05) is 60.6 Å². The van der Waals surface area contributed by atoms with E-state index in [2.05, 4.69) is 51.3 Å². The van der Waals surface area contributed by atoms with Crippen LogP contribution in [0, 0.1) is 17.8 Å². The average molecular weight is 891 g/mol. The molecule has 3 rings (SSSR count). The van der Waals surface area contributed by atoms with Gasteiger partial charge in [0.2, 0.25) is 23.6 Å². The maximum atomic E-state index is 14.6. The van der Waals surface area contributed by atoms with Gasteiger partial charge in [-0.3, -0.25) is 24.1 Å². The van der Waals surface area contributed by atoms with Crippen molar-refractivity contribution in [3.63, 3.8) is 0 Å². The fourth-order valence-corrected chi connectivity index (χ4v) is 8.91. The summed E-state index contributed by atoms with van der Waals surface area (Å²) in [5.74, 6) is -2.69. The first-order valence-electron chi connectivity index (χ1n) is 22.8. The number of anilines is 1. The van der Waals surface area contributed by atoms with Crippen LogP contribution in [0.5, 0.6) is 0 Å². The Morgan fingerprint density at radius 1 is 0.812 bits per heavy atom. The second-order valence-electron chi connectivity index (χ2n) is 18.2. The quantitative estimate of drug-likeness (QED) is 0.102. The zero-order chi connectivity index (χ0) is 47.8. The molecule has 2 aromatic carbocycles. The Bertz CT molecular complexity index is 1820. The molecule has 64 heavy (non-hydrogen) atoms. The Hall–Kier alpha value is -4.79. The molecule has 1 aliphatic rings. The number of amides is 4. The normalized spacial score (nSPS) is 17.2. The standard InChI is InChI=1S/C50H78N6O8/c1-15-34(6)45(55(11)49(60)43(32(2)3)52-48(59)44(33(4)5)54(10)29-27-36-23-25-38(26-24-36)53(8)9)41(62-12)31-42(57)56-28-19-22-40(56)46(63-13)35(7)47(58)51-39(50(61)64-14)30-37-20-17-16-18-21-37/h16-18,20-21,23-26,32-33,35,39-41,43-46H,6,15,19,22,27-31H2,1-5,7-14H3,(H,51,58)(H,52,59)/t35-,39+,40?,41-,43+,44+,45+,46?/m1/s1. The second kappa shape index (κ2) is 25.6. The van der Waals surface area contributed by atoms with E-state index in [1.165, 1.54) is 26.9 Å². The van der Waals surface area contributed by atoms with Gasteiger partial charge < -0.3 is 39.5 Å². The van der Waals surface area contributed by atoms with Crippen molar-refractivity contribution in [2.75, 3.05) is 67.5 Å². The molecule has 0 bridgehead atoms. The SMILES string of the molecule is C=C(CC)[C@@H]([C@@H](CC(=O)N1CCCC1C(OC)[C@@H](C)C(=O)N[C@@H](Cc1ccccc1)C(=O)OC)OC)N(C)C(=O)[C@@H](NC(=O)[C@H](C(C)C)N(C)CCc1ccc(N(C)C)cc1)C(C)C. The van der Waals surface area contributed by atoms with Crippen LogP contribution in [0.2, 0.25) is 0 Å². The molecule has 1 fully saturated rings. The van der Waals surface area contributed by atoms with Gasteiger partial charge in [0.15, 0.2) is 0 Å². The molecule has 8 atom stereocenters. The van der Waals surface area contributed by atoms with E-state index < -0.39 is 60.2 Å². The predicted octanol–water partition coefficient (Wildman–Crippen LogP) is 5.13. The van der Waals surface area contributed by atoms with E-state index >= 15 is 0 Å². The number of carbonyl (C=O) groups is 5. The summed E-state index contributed by atoms with van der Waals surface area (Å²) in [6.45, 7) is 16.9. The minimum atomic E-state index is -0.907. The van der Waals surface area contributed by atoms with Crippen LogP contribution < -0.4 is 15.5 Å². The van der Waals surface area contributed by atoms with Gasteiger partial charge >= 0.3 is 5.97 Å². The lowest BCUT2D eigenvalue weighted by Gasteiger charge is -2.39. The number of methoxy groups -OCH3 is 3. The van der Waals surface area contributed by atoms with E-state index in [4.69, 9.17) is 14.2 Å². The molecule has 14 heteroatoms. The zero-order valence-electron chi connectivity index (χ0n) is 40.9. The van der Waals surface area contributed by atoms with Crippen LogP contribution in [0.4, 0.5) is 5.69 Å². The van der Waals surface area contributed by atoms with E-state index in [0.29, 0.717) is 37.9 Å². The van der Waals surface area contributed by atoms with Crippen molar-refractivity contribution in [1.82, 2.24) is 25.3 Å². The summed E-state index contributed by atoms with van der Waals surface area (Å²) < 4.78 is 17.0. The number of hydrogen-bond donors (Lipinski definition) is 2. The van der Waals surface area contributed by atoms with E-state index in [-0.39, 0.29) is 42.4 Å². The molecule has 2 aromatic rings. The number of benzene rings is 2. The Labute approximate surface area is 383 Å². The third-order valence-corrected chi connectivity index (χ3v) is 12.7. The zero-order valence-corrected chi connectivity index (χ0v) is 40.9. The number of ether oxygens (including phenoxy) is 3. The highest BCUT2D eigenvalue weighted by Crippen LogP contribution is 2.30. The minimum Gasteiger partial charge on any atom is -0.467 e. The first kappa shape index (κ1) is 53.5. The Balaban J connectivity index is 1.77. The van der Waals surface area contributed by atoms with E-state index in [0.717, 1.165) is 17.7 Å². The van der Waals surface area contributed by atoms with E-state index in [1.54, 1.807) is 23.8 Å². The van der Waals surface area contributed by atoms with Gasteiger partial charge in [-0.2, -0.15) is 0 Å². The van der Waals surface area contributed by atoms with E-state index in [9.17, 15) is 24.0 Å². The molecule has 0 aliphatic carbocycles. The first-order valence-corrected chi connectivity index (χ1v) is 22.8. The third-order valence-electron chi connectivity index (χ3n) is 12.7. The Morgan fingerprint density at radius 3 is 1.98 bits per heavy atom. The molecule has 356 valence electrons. The van der Waals surface area contributed by atoms with Gasteiger partial charge in [0.05, 0.1) is 49.8 Å². The minimum absolute atomic E-state index is 0.0285. The molecule has 1 saturated heterocycles. The maximum Gasteiger partial charge on any atom is 0.328 e. The number of nitrogens with one attached hydrogen (secondary N) is 2. The van der Waals surface area contributed by atoms with Gasteiger partial charge in [0.25, 0.3) is 0 Å². The van der Waals surface area contributed by atoms with Gasteiger partial charge in [0.1, 0.15) is 12.1 Å². The number of nitrogens with zero attached hydrogens (tertiary/aromatic N) is 4. The summed E-state index contributed by atoms with van der Waals surface area (Å²) in [6.07, 6.45) is 1.35. The lowest BCUT2D eigenvalue weighted by atomic mass is 9.92. The molecule has 0 radical (unpaired) electrons. The first-order chi connectivity index (χ1) is 30.3. The molecule has 0 aromatic heterocycles. The Kier molecular flexibility index (Phi) is 21.4. The van der Waals surface area contributed by atoms with Crippen LogP contribution in [0.1, 0.15) is 78.4 Å². The molecule has 4 amide bonds. The molecular weight excluding hydrogens is 813 g/mol. The summed E-state index contributed by atoms with van der Waals surface area (Å²) >= 11 is 0. The summed E-state index contributed by atoms with van der Waals surface area (Å²) in [6, 6.07) is 14.4. The number of rotatable bonds is 25. The van der Waals surface area contributed by atoms with Crippen molar-refractivity contribution in [3.05, 3.63) is 77.9 Å². The van der Waals surface area contributed by atoms with Crippen molar-refractivity contribution in [3.8, 4) is 0 Å². The van der Waals surface area contributed by atoms with Crippen molar-refractivity contribution in [1.29, 1.82) is 0 Å².